The number of aryl methyl sites for hydroxylation is 1. The van der Waals surface area contributed by atoms with Crippen LogP contribution in [-0.2, 0) is 11.2 Å². The van der Waals surface area contributed by atoms with Crippen LogP contribution in [0.5, 0.6) is 0 Å². The molecular weight excluding hydrogens is 178 g/mol. The average Bonchev–Trinajstić information content (AvgIpc) is 2.20. The van der Waals surface area contributed by atoms with E-state index < -0.39 is 0 Å². The van der Waals surface area contributed by atoms with E-state index in [0.29, 0.717) is 12.0 Å². The molecule has 0 aliphatic rings. The number of carbonyl (C=O) groups is 1. The van der Waals surface area contributed by atoms with Crippen molar-refractivity contribution in [3.8, 4) is 6.07 Å². The molecule has 0 atom stereocenters. The molecule has 0 heterocycles. The zero-order valence-corrected chi connectivity index (χ0v) is 8.20. The van der Waals surface area contributed by atoms with Gasteiger partial charge in [0, 0.05) is 0 Å². The zero-order valence-electron chi connectivity index (χ0n) is 8.20. The number of nitrogens with zero attached hydrogens (tertiary/aromatic N) is 1. The van der Waals surface area contributed by atoms with Crippen LogP contribution in [0.2, 0.25) is 0 Å². The maximum Gasteiger partial charge on any atom is 0.337 e. The first kappa shape index (κ1) is 10.3. The van der Waals surface area contributed by atoms with Crippen LogP contribution in [-0.4, -0.2) is 13.1 Å². The number of carbonyl (C=O) groups excluding carboxylic acids is 1. The maximum absolute atomic E-state index is 11.1. The van der Waals surface area contributed by atoms with Crippen molar-refractivity contribution in [3.05, 3.63) is 34.9 Å². The minimum absolute atomic E-state index is 0.350. The van der Waals surface area contributed by atoms with E-state index in [-0.39, 0.29) is 5.97 Å². The predicted molar refractivity (Wildman–Crippen MR) is 51.8 cm³/mol. The smallest absolute Gasteiger partial charge is 0.337 e. The Balaban J connectivity index is 3.01. The third-order valence-corrected chi connectivity index (χ3v) is 2.03. The Labute approximate surface area is 82.9 Å². The monoisotopic (exact) mass is 189 g/mol. The normalized spacial score (nSPS) is 9.21. The van der Waals surface area contributed by atoms with Crippen LogP contribution in [0.4, 0.5) is 0 Å². The van der Waals surface area contributed by atoms with Gasteiger partial charge in [-0.3, -0.25) is 0 Å². The van der Waals surface area contributed by atoms with E-state index in [0.717, 1.165) is 11.1 Å². The molecule has 0 aromatic heterocycles. The SMILES string of the molecule is COC(=O)c1ccc(CC#N)c(C)c1. The molecule has 1 aromatic rings. The average molecular weight is 189 g/mol. The van der Waals surface area contributed by atoms with Gasteiger partial charge in [-0.1, -0.05) is 6.07 Å². The van der Waals surface area contributed by atoms with Crippen molar-refractivity contribution in [3.63, 3.8) is 0 Å². The van der Waals surface area contributed by atoms with Gasteiger partial charge in [0.15, 0.2) is 0 Å². The fourth-order valence-corrected chi connectivity index (χ4v) is 1.22. The van der Waals surface area contributed by atoms with Crippen LogP contribution in [0.1, 0.15) is 21.5 Å². The molecule has 0 N–H and O–H groups in total. The van der Waals surface area contributed by atoms with Gasteiger partial charge in [0.1, 0.15) is 0 Å². The molecule has 0 aliphatic carbocycles. The highest BCUT2D eigenvalue weighted by atomic mass is 16.5. The lowest BCUT2D eigenvalue weighted by Gasteiger charge is -2.04. The summed E-state index contributed by atoms with van der Waals surface area (Å²) in [4.78, 5) is 11.1. The molecule has 1 aromatic carbocycles. The van der Waals surface area contributed by atoms with E-state index in [2.05, 4.69) is 10.8 Å². The fourth-order valence-electron chi connectivity index (χ4n) is 1.22. The fraction of sp³-hybridized carbons (Fsp3) is 0.273. The number of esters is 1. The number of hydrogen-bond donors (Lipinski definition) is 0. The summed E-state index contributed by atoms with van der Waals surface area (Å²) in [6.45, 7) is 1.87. The Morgan fingerprint density at radius 3 is 2.79 bits per heavy atom. The van der Waals surface area contributed by atoms with E-state index in [1.54, 1.807) is 18.2 Å². The Morgan fingerprint density at radius 1 is 1.57 bits per heavy atom. The number of rotatable bonds is 2. The Morgan fingerprint density at radius 2 is 2.29 bits per heavy atom. The molecule has 0 bridgehead atoms. The van der Waals surface area contributed by atoms with Crippen LogP contribution < -0.4 is 0 Å². The second-order valence-electron chi connectivity index (χ2n) is 2.97. The minimum Gasteiger partial charge on any atom is -0.465 e. The number of benzene rings is 1. The summed E-state index contributed by atoms with van der Waals surface area (Å²) >= 11 is 0. The zero-order chi connectivity index (χ0) is 10.6. The lowest BCUT2D eigenvalue weighted by molar-refractivity contribution is 0.0600. The van der Waals surface area contributed by atoms with Gasteiger partial charge in [0.25, 0.3) is 0 Å². The highest BCUT2D eigenvalue weighted by Gasteiger charge is 2.06. The Hall–Kier alpha value is -1.82. The molecule has 0 radical (unpaired) electrons. The standard InChI is InChI=1S/C11H11NO2/c1-8-7-10(11(13)14-2)4-3-9(8)5-6-12/h3-4,7H,5H2,1-2H3. The molecule has 0 aliphatic heterocycles. The summed E-state index contributed by atoms with van der Waals surface area (Å²) in [7, 11) is 1.35. The second-order valence-corrected chi connectivity index (χ2v) is 2.97. The molecule has 72 valence electrons. The highest BCUT2D eigenvalue weighted by molar-refractivity contribution is 5.89. The van der Waals surface area contributed by atoms with Crippen molar-refractivity contribution in [2.24, 2.45) is 0 Å². The van der Waals surface area contributed by atoms with Gasteiger partial charge in [0.2, 0.25) is 0 Å². The molecular formula is C11H11NO2. The van der Waals surface area contributed by atoms with Crippen molar-refractivity contribution >= 4 is 5.97 Å². The van der Waals surface area contributed by atoms with Gasteiger partial charge in [0.05, 0.1) is 25.2 Å². The van der Waals surface area contributed by atoms with Crippen molar-refractivity contribution in [1.29, 1.82) is 5.26 Å². The summed E-state index contributed by atoms with van der Waals surface area (Å²) in [6.07, 6.45) is 0.368. The first-order chi connectivity index (χ1) is 6.69. The highest BCUT2D eigenvalue weighted by Crippen LogP contribution is 2.12. The molecule has 0 unspecified atom stereocenters. The minimum atomic E-state index is -0.350. The van der Waals surface area contributed by atoms with E-state index in [1.165, 1.54) is 7.11 Å². The Bertz CT molecular complexity index is 391. The van der Waals surface area contributed by atoms with Crippen molar-refractivity contribution in [1.82, 2.24) is 0 Å². The third-order valence-electron chi connectivity index (χ3n) is 2.03. The number of hydrogen-bond acceptors (Lipinski definition) is 3. The molecule has 3 nitrogen and oxygen atoms in total. The van der Waals surface area contributed by atoms with Gasteiger partial charge < -0.3 is 4.74 Å². The molecule has 0 saturated heterocycles. The van der Waals surface area contributed by atoms with Crippen LogP contribution in [0.15, 0.2) is 18.2 Å². The molecule has 0 spiro atoms. The number of methoxy groups -OCH3 is 1. The largest absolute Gasteiger partial charge is 0.465 e. The van der Waals surface area contributed by atoms with Crippen LogP contribution in [0.3, 0.4) is 0 Å². The molecule has 3 heteroatoms. The third kappa shape index (κ3) is 2.11. The molecule has 1 rings (SSSR count). The van der Waals surface area contributed by atoms with Crippen molar-refractivity contribution in [2.75, 3.05) is 7.11 Å². The van der Waals surface area contributed by atoms with E-state index in [9.17, 15) is 4.79 Å². The van der Waals surface area contributed by atoms with E-state index in [4.69, 9.17) is 5.26 Å². The quantitative estimate of drug-likeness (QED) is 0.667. The summed E-state index contributed by atoms with van der Waals surface area (Å²) in [5, 5.41) is 8.53. The topological polar surface area (TPSA) is 50.1 Å². The van der Waals surface area contributed by atoms with E-state index >= 15 is 0 Å². The summed E-state index contributed by atoms with van der Waals surface area (Å²) in [5.74, 6) is -0.350. The molecule has 0 fully saturated rings. The first-order valence-electron chi connectivity index (χ1n) is 4.24. The first-order valence-corrected chi connectivity index (χ1v) is 4.24. The van der Waals surface area contributed by atoms with Gasteiger partial charge in [-0.05, 0) is 30.2 Å². The van der Waals surface area contributed by atoms with Crippen LogP contribution in [0, 0.1) is 18.3 Å². The summed E-state index contributed by atoms with van der Waals surface area (Å²) in [6, 6.07) is 7.26. The number of ether oxygens (including phenoxy) is 1. The second kappa shape index (κ2) is 4.43. The van der Waals surface area contributed by atoms with Gasteiger partial charge in [-0.15, -0.1) is 0 Å². The molecule has 0 saturated carbocycles. The molecule has 14 heavy (non-hydrogen) atoms. The maximum atomic E-state index is 11.1. The number of nitriles is 1. The lowest BCUT2D eigenvalue weighted by Crippen LogP contribution is -2.02. The lowest BCUT2D eigenvalue weighted by atomic mass is 10.0. The molecule has 0 amide bonds. The van der Waals surface area contributed by atoms with Gasteiger partial charge >= 0.3 is 5.97 Å². The van der Waals surface area contributed by atoms with Crippen LogP contribution in [0.25, 0.3) is 0 Å². The Kier molecular flexibility index (Phi) is 3.24. The van der Waals surface area contributed by atoms with E-state index in [1.807, 2.05) is 6.92 Å². The summed E-state index contributed by atoms with van der Waals surface area (Å²) in [5.41, 5.74) is 2.40. The predicted octanol–water partition coefficient (Wildman–Crippen LogP) is 1.85. The van der Waals surface area contributed by atoms with Crippen molar-refractivity contribution < 1.29 is 9.53 Å². The van der Waals surface area contributed by atoms with Crippen molar-refractivity contribution in [2.45, 2.75) is 13.3 Å². The van der Waals surface area contributed by atoms with Crippen LogP contribution >= 0.6 is 0 Å². The van der Waals surface area contributed by atoms with Gasteiger partial charge in [-0.2, -0.15) is 5.26 Å². The van der Waals surface area contributed by atoms with Gasteiger partial charge in [-0.25, -0.2) is 4.79 Å². The summed E-state index contributed by atoms with van der Waals surface area (Å²) < 4.78 is 4.59.